The van der Waals surface area contributed by atoms with Gasteiger partial charge >= 0.3 is 5.63 Å². The lowest BCUT2D eigenvalue weighted by molar-refractivity contribution is 0.377. The number of hydrogen-bond acceptors (Lipinski definition) is 4. The van der Waals surface area contributed by atoms with Crippen LogP contribution in [0.3, 0.4) is 0 Å². The van der Waals surface area contributed by atoms with E-state index in [4.69, 9.17) is 4.42 Å². The molecule has 0 saturated carbocycles. The third-order valence-electron chi connectivity index (χ3n) is 5.01. The van der Waals surface area contributed by atoms with Crippen molar-refractivity contribution in [2.45, 2.75) is 52.4 Å². The molecule has 1 atom stereocenters. The van der Waals surface area contributed by atoms with Gasteiger partial charge in [-0.15, -0.1) is 11.3 Å². The van der Waals surface area contributed by atoms with Gasteiger partial charge in [-0.3, -0.25) is 0 Å². The molecular formula is C23H26O3S. The zero-order valence-electron chi connectivity index (χ0n) is 16.1. The first-order valence-corrected chi connectivity index (χ1v) is 10.3. The van der Waals surface area contributed by atoms with E-state index in [0.717, 1.165) is 23.3 Å². The number of aryl methyl sites for hydroxylation is 1. The molecule has 0 amide bonds. The first-order chi connectivity index (χ1) is 13.0. The molecule has 1 unspecified atom stereocenters. The molecule has 3 rings (SSSR count). The molecule has 0 aliphatic rings. The smallest absolute Gasteiger partial charge is 0.343 e. The maximum Gasteiger partial charge on any atom is 0.343 e. The van der Waals surface area contributed by atoms with Gasteiger partial charge in [-0.1, -0.05) is 44.2 Å². The zero-order chi connectivity index (χ0) is 19.4. The highest BCUT2D eigenvalue weighted by atomic mass is 32.1. The van der Waals surface area contributed by atoms with Gasteiger partial charge < -0.3 is 9.52 Å². The lowest BCUT2D eigenvalue weighted by Crippen LogP contribution is -2.15. The molecule has 1 aromatic carbocycles. The van der Waals surface area contributed by atoms with Crippen molar-refractivity contribution in [3.05, 3.63) is 85.1 Å². The number of thiophene rings is 1. The summed E-state index contributed by atoms with van der Waals surface area (Å²) in [6.45, 7) is 6.12. The van der Waals surface area contributed by atoms with Crippen LogP contribution >= 0.6 is 11.3 Å². The molecule has 3 aromatic rings. The molecule has 0 bridgehead atoms. The molecule has 0 spiro atoms. The highest BCUT2D eigenvalue weighted by Crippen LogP contribution is 2.34. The molecule has 4 heteroatoms. The fourth-order valence-electron chi connectivity index (χ4n) is 3.52. The molecule has 0 aliphatic carbocycles. The Balaban J connectivity index is 1.99. The van der Waals surface area contributed by atoms with Gasteiger partial charge in [-0.25, -0.2) is 4.79 Å². The van der Waals surface area contributed by atoms with Crippen molar-refractivity contribution in [3.63, 3.8) is 0 Å². The summed E-state index contributed by atoms with van der Waals surface area (Å²) in [7, 11) is 0. The maximum absolute atomic E-state index is 12.7. The summed E-state index contributed by atoms with van der Waals surface area (Å²) in [6, 6.07) is 14.2. The van der Waals surface area contributed by atoms with Crippen LogP contribution in [0.25, 0.3) is 0 Å². The molecule has 2 aromatic heterocycles. The summed E-state index contributed by atoms with van der Waals surface area (Å²) in [5.41, 5.74) is 1.91. The largest absolute Gasteiger partial charge is 0.507 e. The van der Waals surface area contributed by atoms with Crippen LogP contribution in [0.1, 0.15) is 58.4 Å². The normalized spacial score (nSPS) is 12.3. The topological polar surface area (TPSA) is 50.4 Å². The third kappa shape index (κ3) is 4.33. The highest BCUT2D eigenvalue weighted by Gasteiger charge is 2.24. The van der Waals surface area contributed by atoms with Crippen molar-refractivity contribution in [1.82, 2.24) is 0 Å². The summed E-state index contributed by atoms with van der Waals surface area (Å²) in [5, 5.41) is 10.9. The van der Waals surface area contributed by atoms with Crippen molar-refractivity contribution < 1.29 is 9.52 Å². The Morgan fingerprint density at radius 2 is 1.81 bits per heavy atom. The average molecular weight is 383 g/mol. The summed E-state index contributed by atoms with van der Waals surface area (Å²) >= 11 is 1.64. The second-order valence-electron chi connectivity index (χ2n) is 6.90. The van der Waals surface area contributed by atoms with Gasteiger partial charge in [0.2, 0.25) is 0 Å². The van der Waals surface area contributed by atoms with Crippen LogP contribution < -0.4 is 5.63 Å². The first-order valence-electron chi connectivity index (χ1n) is 9.50. The monoisotopic (exact) mass is 382 g/mol. The maximum atomic E-state index is 12.7. The van der Waals surface area contributed by atoms with Gasteiger partial charge in [0.05, 0.1) is 5.56 Å². The fraction of sp³-hybridized carbons (Fsp3) is 0.348. The third-order valence-corrected chi connectivity index (χ3v) is 6.01. The number of hydrogen-bond donors (Lipinski definition) is 1. The van der Waals surface area contributed by atoms with Crippen LogP contribution in [0.2, 0.25) is 0 Å². The van der Waals surface area contributed by atoms with Gasteiger partial charge in [0, 0.05) is 27.7 Å². The molecular weight excluding hydrogens is 356 g/mol. The molecule has 3 nitrogen and oxygen atoms in total. The second kappa shape index (κ2) is 8.57. The first kappa shape index (κ1) is 19.4. The van der Waals surface area contributed by atoms with Crippen molar-refractivity contribution in [3.8, 4) is 5.75 Å². The predicted molar refractivity (Wildman–Crippen MR) is 111 cm³/mol. The van der Waals surface area contributed by atoms with Crippen molar-refractivity contribution in [2.75, 3.05) is 0 Å². The van der Waals surface area contributed by atoms with Crippen molar-refractivity contribution in [1.29, 1.82) is 0 Å². The van der Waals surface area contributed by atoms with Gasteiger partial charge in [-0.05, 0) is 43.9 Å². The lowest BCUT2D eigenvalue weighted by Gasteiger charge is -2.19. The Morgan fingerprint density at radius 3 is 2.41 bits per heavy atom. The van der Waals surface area contributed by atoms with Crippen molar-refractivity contribution in [2.24, 2.45) is 0 Å². The quantitative estimate of drug-likeness (QED) is 0.578. The van der Waals surface area contributed by atoms with Crippen LogP contribution in [0, 0.1) is 6.92 Å². The van der Waals surface area contributed by atoms with Crippen LogP contribution in [-0.2, 0) is 19.3 Å². The minimum absolute atomic E-state index is 0.0685. The number of rotatable bonds is 7. The zero-order valence-corrected chi connectivity index (χ0v) is 16.9. The summed E-state index contributed by atoms with van der Waals surface area (Å²) in [5.74, 6) is 0.817. The van der Waals surface area contributed by atoms with E-state index in [2.05, 4.69) is 19.1 Å². The summed E-state index contributed by atoms with van der Waals surface area (Å²) < 4.78 is 5.80. The molecule has 0 radical (unpaired) electrons. The van der Waals surface area contributed by atoms with Gasteiger partial charge in [-0.2, -0.15) is 0 Å². The van der Waals surface area contributed by atoms with Crippen LogP contribution in [0.5, 0.6) is 5.75 Å². The molecule has 0 aliphatic heterocycles. The SMILES string of the molecule is CCc1c(C(CC)Cc2ccccc2)oc(=O)c(Cc2ccc(C)s2)c1O. The van der Waals surface area contributed by atoms with Crippen LogP contribution in [0.4, 0.5) is 0 Å². The summed E-state index contributed by atoms with van der Waals surface area (Å²) in [6.07, 6.45) is 2.67. The van der Waals surface area contributed by atoms with Gasteiger partial charge in [0.15, 0.2) is 0 Å². The number of aromatic hydroxyl groups is 1. The van der Waals surface area contributed by atoms with Crippen LogP contribution in [0.15, 0.2) is 51.7 Å². The molecule has 27 heavy (non-hydrogen) atoms. The van der Waals surface area contributed by atoms with Crippen LogP contribution in [-0.4, -0.2) is 5.11 Å². The standard InChI is InChI=1S/C23H26O3S/c1-4-17(13-16-9-7-6-8-10-16)22-19(5-2)21(24)20(23(25)26-22)14-18-12-11-15(3)27-18/h6-12,17,24H,4-5,13-14H2,1-3H3. The molecule has 0 saturated heterocycles. The van der Waals surface area contributed by atoms with E-state index in [-0.39, 0.29) is 11.7 Å². The molecule has 1 N–H and O–H groups in total. The Hall–Kier alpha value is -2.33. The number of benzene rings is 1. The molecule has 142 valence electrons. The van der Waals surface area contributed by atoms with E-state index < -0.39 is 5.63 Å². The van der Waals surface area contributed by atoms with E-state index in [1.807, 2.05) is 44.2 Å². The Kier molecular flexibility index (Phi) is 6.17. The van der Waals surface area contributed by atoms with E-state index in [9.17, 15) is 9.90 Å². The Bertz CT molecular complexity index is 953. The van der Waals surface area contributed by atoms with E-state index in [1.165, 1.54) is 10.4 Å². The van der Waals surface area contributed by atoms with Gasteiger partial charge in [0.1, 0.15) is 11.5 Å². The highest BCUT2D eigenvalue weighted by molar-refractivity contribution is 7.11. The lowest BCUT2D eigenvalue weighted by atomic mass is 9.90. The minimum Gasteiger partial charge on any atom is -0.507 e. The Labute approximate surface area is 164 Å². The molecule has 2 heterocycles. The van der Waals surface area contributed by atoms with Gasteiger partial charge in [0.25, 0.3) is 0 Å². The average Bonchev–Trinajstić information content (AvgIpc) is 3.08. The summed E-state index contributed by atoms with van der Waals surface area (Å²) in [4.78, 5) is 14.9. The van der Waals surface area contributed by atoms with Crippen molar-refractivity contribution >= 4 is 11.3 Å². The minimum atomic E-state index is -0.419. The predicted octanol–water partition coefficient (Wildman–Crippen LogP) is 5.60. The molecule has 0 fully saturated rings. The van der Waals surface area contributed by atoms with E-state index in [0.29, 0.717) is 24.2 Å². The fourth-order valence-corrected chi connectivity index (χ4v) is 4.42. The Morgan fingerprint density at radius 1 is 1.07 bits per heavy atom. The van der Waals surface area contributed by atoms with E-state index >= 15 is 0 Å². The second-order valence-corrected chi connectivity index (χ2v) is 8.27. The van der Waals surface area contributed by atoms with E-state index in [1.54, 1.807) is 11.3 Å².